The molecule has 1 nitrogen and oxygen atoms in total. The summed E-state index contributed by atoms with van der Waals surface area (Å²) >= 11 is 0. The second-order valence-electron chi connectivity index (χ2n) is 6.95. The summed E-state index contributed by atoms with van der Waals surface area (Å²) in [6, 6.07) is 7.37. The van der Waals surface area contributed by atoms with Crippen LogP contribution in [-0.4, -0.2) is 6.04 Å². The minimum atomic E-state index is -0.0895. The van der Waals surface area contributed by atoms with Crippen LogP contribution in [-0.2, 0) is 6.42 Å². The van der Waals surface area contributed by atoms with Crippen LogP contribution in [0.1, 0.15) is 45.6 Å². The molecular weight excluding hydrogens is 237 g/mol. The van der Waals surface area contributed by atoms with Crippen LogP contribution in [0.5, 0.6) is 0 Å². The topological polar surface area (TPSA) is 26.0 Å². The Hall–Kier alpha value is -0.890. The fourth-order valence-corrected chi connectivity index (χ4v) is 3.66. The van der Waals surface area contributed by atoms with E-state index in [1.54, 1.807) is 12.1 Å². The van der Waals surface area contributed by atoms with E-state index in [2.05, 4.69) is 20.8 Å². The Kier molecular flexibility index (Phi) is 4.29. The van der Waals surface area contributed by atoms with Crippen molar-refractivity contribution in [3.05, 3.63) is 35.6 Å². The van der Waals surface area contributed by atoms with E-state index in [9.17, 15) is 4.39 Å². The maximum atomic E-state index is 13.8. The lowest BCUT2D eigenvalue weighted by atomic mass is 9.64. The smallest absolute Gasteiger partial charge is 0.126 e. The maximum absolute atomic E-state index is 13.8. The summed E-state index contributed by atoms with van der Waals surface area (Å²) in [6.45, 7) is 6.75. The molecule has 3 unspecified atom stereocenters. The summed E-state index contributed by atoms with van der Waals surface area (Å²) in [6.07, 6.45) is 4.29. The van der Waals surface area contributed by atoms with Gasteiger partial charge in [0.2, 0.25) is 0 Å². The van der Waals surface area contributed by atoms with Gasteiger partial charge in [0, 0.05) is 6.04 Å². The highest BCUT2D eigenvalue weighted by atomic mass is 19.1. The molecule has 1 aromatic rings. The van der Waals surface area contributed by atoms with Gasteiger partial charge in [-0.05, 0) is 48.1 Å². The van der Waals surface area contributed by atoms with Gasteiger partial charge in [-0.15, -0.1) is 0 Å². The van der Waals surface area contributed by atoms with E-state index in [1.807, 2.05) is 12.1 Å². The van der Waals surface area contributed by atoms with E-state index in [4.69, 9.17) is 5.73 Å². The van der Waals surface area contributed by atoms with Gasteiger partial charge >= 0.3 is 0 Å². The number of rotatable bonds is 3. The first-order valence-electron chi connectivity index (χ1n) is 7.39. The first-order chi connectivity index (χ1) is 8.90. The lowest BCUT2D eigenvalue weighted by Crippen LogP contribution is -2.44. The van der Waals surface area contributed by atoms with E-state index in [0.717, 1.165) is 24.3 Å². The van der Waals surface area contributed by atoms with Crippen LogP contribution in [0, 0.1) is 23.1 Å². The van der Waals surface area contributed by atoms with E-state index in [1.165, 1.54) is 12.8 Å². The van der Waals surface area contributed by atoms with Crippen LogP contribution in [0.15, 0.2) is 24.3 Å². The molecule has 0 aliphatic heterocycles. The average molecular weight is 263 g/mol. The summed E-state index contributed by atoms with van der Waals surface area (Å²) in [5, 5.41) is 0. The molecular formula is C17H26FN. The maximum Gasteiger partial charge on any atom is 0.126 e. The van der Waals surface area contributed by atoms with Gasteiger partial charge in [0.25, 0.3) is 0 Å². The summed E-state index contributed by atoms with van der Waals surface area (Å²) in [4.78, 5) is 0. The third-order valence-corrected chi connectivity index (χ3v) is 4.77. The zero-order valence-corrected chi connectivity index (χ0v) is 12.3. The van der Waals surface area contributed by atoms with E-state index >= 15 is 0 Å². The third kappa shape index (κ3) is 3.36. The van der Waals surface area contributed by atoms with Gasteiger partial charge in [-0.2, -0.15) is 0 Å². The normalized spacial score (nSPS) is 28.4. The molecule has 1 aliphatic rings. The molecule has 3 atom stereocenters. The summed E-state index contributed by atoms with van der Waals surface area (Å²) in [5.74, 6) is 1.13. The fourth-order valence-electron chi connectivity index (χ4n) is 3.66. The molecule has 1 aromatic carbocycles. The van der Waals surface area contributed by atoms with Crippen molar-refractivity contribution in [1.82, 2.24) is 0 Å². The first kappa shape index (κ1) is 14.5. The Bertz CT molecular complexity index is 427. The van der Waals surface area contributed by atoms with Crippen molar-refractivity contribution in [2.75, 3.05) is 0 Å². The molecule has 1 fully saturated rings. The molecule has 0 saturated heterocycles. The molecule has 1 saturated carbocycles. The molecule has 0 bridgehead atoms. The second kappa shape index (κ2) is 5.62. The van der Waals surface area contributed by atoms with Gasteiger partial charge in [-0.25, -0.2) is 4.39 Å². The zero-order chi connectivity index (χ0) is 14.0. The molecule has 2 rings (SSSR count). The minimum absolute atomic E-state index is 0.0573. The number of halogens is 1. The Morgan fingerprint density at radius 2 is 1.95 bits per heavy atom. The lowest BCUT2D eigenvalue weighted by molar-refractivity contribution is 0.112. The Balaban J connectivity index is 2.12. The predicted octanol–water partition coefficient (Wildman–Crippen LogP) is 4.16. The number of hydrogen-bond acceptors (Lipinski definition) is 1. The molecule has 2 heteroatoms. The van der Waals surface area contributed by atoms with Crippen LogP contribution < -0.4 is 5.73 Å². The molecule has 2 N–H and O–H groups in total. The third-order valence-electron chi connectivity index (χ3n) is 4.77. The molecule has 1 aliphatic carbocycles. The van der Waals surface area contributed by atoms with Gasteiger partial charge in [0.15, 0.2) is 0 Å². The van der Waals surface area contributed by atoms with Gasteiger partial charge < -0.3 is 5.73 Å². The summed E-state index contributed by atoms with van der Waals surface area (Å²) in [5.41, 5.74) is 7.23. The number of benzene rings is 1. The van der Waals surface area contributed by atoms with Crippen molar-refractivity contribution >= 4 is 0 Å². The molecule has 19 heavy (non-hydrogen) atoms. The predicted molar refractivity (Wildman–Crippen MR) is 78.4 cm³/mol. The van der Waals surface area contributed by atoms with E-state index < -0.39 is 0 Å². The Labute approximate surface area is 116 Å². The van der Waals surface area contributed by atoms with E-state index in [-0.39, 0.29) is 17.3 Å². The summed E-state index contributed by atoms with van der Waals surface area (Å²) < 4.78 is 13.8. The molecule has 106 valence electrons. The van der Waals surface area contributed by atoms with Crippen LogP contribution in [0.4, 0.5) is 4.39 Å². The van der Waals surface area contributed by atoms with E-state index in [0.29, 0.717) is 5.92 Å². The number of hydrogen-bond donors (Lipinski definition) is 1. The van der Waals surface area contributed by atoms with Crippen molar-refractivity contribution in [1.29, 1.82) is 0 Å². The monoisotopic (exact) mass is 263 g/mol. The molecule has 0 aromatic heterocycles. The number of nitrogens with two attached hydrogens (primary N) is 1. The van der Waals surface area contributed by atoms with Crippen molar-refractivity contribution in [2.24, 2.45) is 23.0 Å². The summed E-state index contributed by atoms with van der Waals surface area (Å²) in [7, 11) is 0. The second-order valence-corrected chi connectivity index (χ2v) is 6.95. The van der Waals surface area contributed by atoms with Gasteiger partial charge in [0.1, 0.15) is 5.82 Å². The average Bonchev–Trinajstić information content (AvgIpc) is 2.31. The molecule has 0 spiro atoms. The fraction of sp³-hybridized carbons (Fsp3) is 0.647. The SMILES string of the molecule is CC1CCC(C(C)(C)Cc2ccccc2F)C(N)C1. The largest absolute Gasteiger partial charge is 0.327 e. The van der Waals surface area contributed by atoms with Crippen LogP contribution in [0.25, 0.3) is 0 Å². The highest BCUT2D eigenvalue weighted by molar-refractivity contribution is 5.19. The highest BCUT2D eigenvalue weighted by Crippen LogP contribution is 2.41. The first-order valence-corrected chi connectivity index (χ1v) is 7.39. The van der Waals surface area contributed by atoms with Crippen LogP contribution >= 0.6 is 0 Å². The quantitative estimate of drug-likeness (QED) is 0.870. The highest BCUT2D eigenvalue weighted by Gasteiger charge is 2.37. The van der Waals surface area contributed by atoms with Crippen LogP contribution in [0.3, 0.4) is 0 Å². The van der Waals surface area contributed by atoms with Crippen molar-refractivity contribution in [2.45, 2.75) is 52.5 Å². The minimum Gasteiger partial charge on any atom is -0.327 e. The zero-order valence-electron chi connectivity index (χ0n) is 12.3. The molecule has 0 radical (unpaired) electrons. The molecule has 0 amide bonds. The standard InChI is InChI=1S/C17H26FN/c1-12-8-9-14(16(19)10-12)17(2,3)11-13-6-4-5-7-15(13)18/h4-7,12,14,16H,8-11,19H2,1-3H3. The van der Waals surface area contributed by atoms with Crippen molar-refractivity contribution < 1.29 is 4.39 Å². The Morgan fingerprint density at radius 3 is 2.58 bits per heavy atom. The van der Waals surface area contributed by atoms with Crippen LogP contribution in [0.2, 0.25) is 0 Å². The van der Waals surface area contributed by atoms with Gasteiger partial charge in [0.05, 0.1) is 0 Å². The molecule has 0 heterocycles. The Morgan fingerprint density at radius 1 is 1.26 bits per heavy atom. The van der Waals surface area contributed by atoms with Gasteiger partial charge in [-0.3, -0.25) is 0 Å². The van der Waals surface area contributed by atoms with Crippen molar-refractivity contribution in [3.63, 3.8) is 0 Å². The van der Waals surface area contributed by atoms with Gasteiger partial charge in [-0.1, -0.05) is 45.4 Å². The lowest BCUT2D eigenvalue weighted by Gasteiger charge is -2.43. The van der Waals surface area contributed by atoms with Crippen molar-refractivity contribution in [3.8, 4) is 0 Å².